The molecule has 0 aromatic rings. The summed E-state index contributed by atoms with van der Waals surface area (Å²) in [7, 11) is 0. The second kappa shape index (κ2) is 5.93. The second-order valence-corrected chi connectivity index (χ2v) is 9.04. The van der Waals surface area contributed by atoms with Crippen molar-refractivity contribution in [1.82, 2.24) is 0 Å². The third-order valence-electron chi connectivity index (χ3n) is 6.79. The van der Waals surface area contributed by atoms with Gasteiger partial charge in [-0.05, 0) is 51.0 Å². The van der Waals surface area contributed by atoms with Crippen molar-refractivity contribution in [3.05, 3.63) is 12.2 Å². The van der Waals surface area contributed by atoms with Gasteiger partial charge in [-0.3, -0.25) is 4.79 Å². The van der Waals surface area contributed by atoms with E-state index in [-0.39, 0.29) is 36.1 Å². The van der Waals surface area contributed by atoms with Crippen molar-refractivity contribution in [2.45, 2.75) is 83.2 Å². The van der Waals surface area contributed by atoms with E-state index in [4.69, 9.17) is 4.74 Å². The van der Waals surface area contributed by atoms with Crippen LogP contribution in [-0.2, 0) is 9.53 Å². The van der Waals surface area contributed by atoms with E-state index in [0.29, 0.717) is 0 Å². The number of fused-ring (bicyclic) bond motifs is 4. The first-order valence-electron chi connectivity index (χ1n) is 9.36. The lowest BCUT2D eigenvalue weighted by atomic mass is 9.69. The van der Waals surface area contributed by atoms with Crippen LogP contribution in [-0.4, -0.2) is 39.4 Å². The van der Waals surface area contributed by atoms with Crippen molar-refractivity contribution in [2.75, 3.05) is 0 Å². The molecule has 0 radical (unpaired) electrons. The van der Waals surface area contributed by atoms with E-state index in [1.807, 2.05) is 6.92 Å². The fourth-order valence-corrected chi connectivity index (χ4v) is 5.46. The number of aliphatic hydroxyl groups excluding tert-OH is 1. The summed E-state index contributed by atoms with van der Waals surface area (Å²) in [4.78, 5) is 13.4. The standard InChI is InChI=1S/C20H32O4/c1-11(2)13-7-6-12(3)15-8-9-20(5,24-15)16-14(21)10-19(4,23)17(16)18(13)22/h11,13-17,21,23H,3,6-10H2,1-2,4-5H3. The van der Waals surface area contributed by atoms with Crippen molar-refractivity contribution in [1.29, 1.82) is 0 Å². The van der Waals surface area contributed by atoms with Crippen molar-refractivity contribution >= 4 is 5.78 Å². The van der Waals surface area contributed by atoms with Crippen LogP contribution in [0.3, 0.4) is 0 Å². The number of ether oxygens (including phenoxy) is 1. The van der Waals surface area contributed by atoms with E-state index in [1.54, 1.807) is 6.92 Å². The molecule has 1 aliphatic carbocycles. The molecule has 0 aromatic carbocycles. The molecule has 3 aliphatic rings. The molecule has 2 N–H and O–H groups in total. The number of ketones is 1. The van der Waals surface area contributed by atoms with E-state index in [0.717, 1.165) is 31.3 Å². The van der Waals surface area contributed by atoms with E-state index in [2.05, 4.69) is 20.4 Å². The highest BCUT2D eigenvalue weighted by molar-refractivity contribution is 5.85. The average Bonchev–Trinajstić information content (AvgIpc) is 2.95. The molecule has 3 fully saturated rings. The summed E-state index contributed by atoms with van der Waals surface area (Å²) >= 11 is 0. The molecular weight excluding hydrogens is 304 g/mol. The second-order valence-electron chi connectivity index (χ2n) is 9.04. The van der Waals surface area contributed by atoms with Gasteiger partial charge in [-0.2, -0.15) is 0 Å². The first-order valence-corrected chi connectivity index (χ1v) is 9.36. The van der Waals surface area contributed by atoms with Crippen LogP contribution in [0.1, 0.15) is 59.8 Å². The molecule has 24 heavy (non-hydrogen) atoms. The van der Waals surface area contributed by atoms with Crippen molar-refractivity contribution in [3.63, 3.8) is 0 Å². The average molecular weight is 336 g/mol. The zero-order valence-electron chi connectivity index (χ0n) is 15.4. The van der Waals surface area contributed by atoms with Crippen LogP contribution in [0.2, 0.25) is 0 Å². The number of aliphatic hydroxyl groups is 2. The summed E-state index contributed by atoms with van der Waals surface area (Å²) in [5, 5.41) is 21.7. The fraction of sp³-hybridized carbons (Fsp3) is 0.850. The number of rotatable bonds is 1. The molecule has 7 atom stereocenters. The highest BCUT2D eigenvalue weighted by Crippen LogP contribution is 2.53. The van der Waals surface area contributed by atoms with Crippen molar-refractivity contribution < 1.29 is 19.7 Å². The lowest BCUT2D eigenvalue weighted by Crippen LogP contribution is -2.50. The molecule has 2 heterocycles. The van der Waals surface area contributed by atoms with Gasteiger partial charge < -0.3 is 14.9 Å². The Morgan fingerprint density at radius 3 is 2.58 bits per heavy atom. The van der Waals surface area contributed by atoms with Gasteiger partial charge in [-0.25, -0.2) is 0 Å². The quantitative estimate of drug-likeness (QED) is 0.723. The van der Waals surface area contributed by atoms with E-state index in [1.165, 1.54) is 0 Å². The zero-order valence-corrected chi connectivity index (χ0v) is 15.4. The maximum Gasteiger partial charge on any atom is 0.142 e. The van der Waals surface area contributed by atoms with Crippen LogP contribution in [0.5, 0.6) is 0 Å². The Labute approximate surface area is 145 Å². The third kappa shape index (κ3) is 2.77. The molecule has 2 bridgehead atoms. The molecule has 0 spiro atoms. The van der Waals surface area contributed by atoms with Gasteiger partial charge in [-0.15, -0.1) is 0 Å². The van der Waals surface area contributed by atoms with Crippen LogP contribution in [0.15, 0.2) is 12.2 Å². The summed E-state index contributed by atoms with van der Waals surface area (Å²) in [5.74, 6) is -0.705. The normalized spacial score (nSPS) is 49.5. The van der Waals surface area contributed by atoms with Crippen LogP contribution in [0.25, 0.3) is 0 Å². The molecule has 7 unspecified atom stereocenters. The summed E-state index contributed by atoms with van der Waals surface area (Å²) in [6.07, 6.45) is 2.76. The Hall–Kier alpha value is -0.710. The summed E-state index contributed by atoms with van der Waals surface area (Å²) in [6.45, 7) is 12.0. The number of carbonyl (C=O) groups is 1. The van der Waals surface area contributed by atoms with Gasteiger partial charge in [0.2, 0.25) is 0 Å². The minimum absolute atomic E-state index is 0.00872. The first kappa shape index (κ1) is 18.1. The molecule has 3 rings (SSSR count). The highest BCUT2D eigenvalue weighted by atomic mass is 16.5. The summed E-state index contributed by atoms with van der Waals surface area (Å²) in [5.41, 5.74) is -0.684. The Balaban J connectivity index is 2.07. The molecular formula is C20H32O4. The Bertz CT molecular complexity index is 538. The SMILES string of the molecule is C=C1CCC(C(C)C)C(=O)C2C(C(O)CC2(C)O)C2(C)CCC1O2. The number of hydrogen-bond donors (Lipinski definition) is 2. The van der Waals surface area contributed by atoms with E-state index >= 15 is 0 Å². The topological polar surface area (TPSA) is 66.8 Å². The molecule has 2 aliphatic heterocycles. The van der Waals surface area contributed by atoms with E-state index in [9.17, 15) is 15.0 Å². The largest absolute Gasteiger partial charge is 0.393 e. The maximum atomic E-state index is 13.4. The molecule has 0 aromatic heterocycles. The predicted octanol–water partition coefficient (Wildman–Crippen LogP) is 2.86. The van der Waals surface area contributed by atoms with Gasteiger partial charge in [0.15, 0.2) is 0 Å². The van der Waals surface area contributed by atoms with Gasteiger partial charge in [0, 0.05) is 18.3 Å². The first-order chi connectivity index (χ1) is 11.1. The number of carbonyl (C=O) groups excluding carboxylic acids is 1. The van der Waals surface area contributed by atoms with E-state index < -0.39 is 23.2 Å². The van der Waals surface area contributed by atoms with Crippen LogP contribution >= 0.6 is 0 Å². The van der Waals surface area contributed by atoms with Crippen LogP contribution in [0, 0.1) is 23.7 Å². The smallest absolute Gasteiger partial charge is 0.142 e. The lowest BCUT2D eigenvalue weighted by molar-refractivity contribution is -0.150. The molecule has 1 saturated carbocycles. The fourth-order valence-electron chi connectivity index (χ4n) is 5.46. The van der Waals surface area contributed by atoms with Gasteiger partial charge in [0.1, 0.15) is 5.78 Å². The molecule has 0 amide bonds. The van der Waals surface area contributed by atoms with Crippen LogP contribution < -0.4 is 0 Å². The molecule has 2 saturated heterocycles. The van der Waals surface area contributed by atoms with Gasteiger partial charge in [-0.1, -0.05) is 20.4 Å². The predicted molar refractivity (Wildman–Crippen MR) is 92.4 cm³/mol. The number of hydrogen-bond acceptors (Lipinski definition) is 4. The molecule has 4 heteroatoms. The third-order valence-corrected chi connectivity index (χ3v) is 6.79. The highest BCUT2D eigenvalue weighted by Gasteiger charge is 2.62. The maximum absolute atomic E-state index is 13.4. The van der Waals surface area contributed by atoms with Gasteiger partial charge in [0.05, 0.1) is 29.3 Å². The summed E-state index contributed by atoms with van der Waals surface area (Å²) < 4.78 is 6.34. The summed E-state index contributed by atoms with van der Waals surface area (Å²) in [6, 6.07) is 0. The lowest BCUT2D eigenvalue weighted by Gasteiger charge is -2.41. The Morgan fingerprint density at radius 2 is 1.96 bits per heavy atom. The Kier molecular flexibility index (Phi) is 4.47. The molecule has 4 nitrogen and oxygen atoms in total. The van der Waals surface area contributed by atoms with Crippen molar-refractivity contribution in [2.24, 2.45) is 23.7 Å². The van der Waals surface area contributed by atoms with Gasteiger partial charge in [0.25, 0.3) is 0 Å². The minimum Gasteiger partial charge on any atom is -0.393 e. The monoisotopic (exact) mass is 336 g/mol. The zero-order chi connectivity index (χ0) is 17.9. The van der Waals surface area contributed by atoms with Crippen molar-refractivity contribution in [3.8, 4) is 0 Å². The number of Topliss-reactive ketones (excluding diaryl/α,β-unsaturated/α-hetero) is 1. The molecule has 136 valence electrons. The minimum atomic E-state index is -1.17. The van der Waals surface area contributed by atoms with Gasteiger partial charge >= 0.3 is 0 Å². The Morgan fingerprint density at radius 1 is 1.29 bits per heavy atom. The van der Waals surface area contributed by atoms with Crippen LogP contribution in [0.4, 0.5) is 0 Å².